The molecule has 0 spiro atoms. The third-order valence-corrected chi connectivity index (χ3v) is 4.49. The van der Waals surface area contributed by atoms with Crippen molar-refractivity contribution in [3.63, 3.8) is 0 Å². The topological polar surface area (TPSA) is 91.3 Å². The molecule has 1 aromatic heterocycles. The van der Waals surface area contributed by atoms with E-state index < -0.39 is 5.97 Å². The molecule has 3 N–H and O–H groups in total. The molecule has 0 fully saturated rings. The monoisotopic (exact) mass is 331 g/mol. The maximum Gasteiger partial charge on any atom is 0.355 e. The van der Waals surface area contributed by atoms with Crippen LogP contribution >= 0.6 is 23.1 Å². The molecule has 1 heterocycles. The van der Waals surface area contributed by atoms with E-state index in [1.165, 1.54) is 16.7 Å². The summed E-state index contributed by atoms with van der Waals surface area (Å²) in [4.78, 5) is 26.4. The number of carbonyl (C=O) groups is 2. The van der Waals surface area contributed by atoms with Crippen LogP contribution in [-0.4, -0.2) is 40.6 Å². The fourth-order valence-electron chi connectivity index (χ4n) is 1.64. The summed E-state index contributed by atoms with van der Waals surface area (Å²) in [6.45, 7) is 2.42. The molecule has 1 unspecified atom stereocenters. The first-order valence-electron chi connectivity index (χ1n) is 6.76. The molecule has 0 saturated heterocycles. The Morgan fingerprint density at radius 3 is 2.81 bits per heavy atom. The number of amides is 2. The Morgan fingerprint density at radius 1 is 1.43 bits per heavy atom. The zero-order chi connectivity index (χ0) is 15.7. The number of thiazole rings is 1. The van der Waals surface area contributed by atoms with Gasteiger partial charge in [-0.05, 0) is 31.8 Å². The number of carboxylic acids is 1. The lowest BCUT2D eigenvalue weighted by Crippen LogP contribution is -2.37. The summed E-state index contributed by atoms with van der Waals surface area (Å²) in [5, 5.41) is 16.4. The quantitative estimate of drug-likeness (QED) is 0.605. The van der Waals surface area contributed by atoms with Gasteiger partial charge in [-0.15, -0.1) is 11.3 Å². The van der Waals surface area contributed by atoms with Gasteiger partial charge in [0.05, 0.1) is 6.04 Å². The van der Waals surface area contributed by atoms with Crippen LogP contribution < -0.4 is 10.6 Å². The van der Waals surface area contributed by atoms with Crippen molar-refractivity contribution in [1.82, 2.24) is 15.6 Å². The zero-order valence-corrected chi connectivity index (χ0v) is 13.9. The number of unbranched alkanes of at least 4 members (excludes halogenated alkanes) is 2. The summed E-state index contributed by atoms with van der Waals surface area (Å²) >= 11 is 3.06. The van der Waals surface area contributed by atoms with Gasteiger partial charge in [0.15, 0.2) is 5.69 Å². The number of thioether (sulfide) groups is 1. The van der Waals surface area contributed by atoms with E-state index in [-0.39, 0.29) is 17.8 Å². The standard InChI is InChI=1S/C13H21N3O3S2/c1-9(11-16-10(8-21-11)12(17)18)15-13(19)14-6-4-3-5-7-20-2/h8-9H,3-7H2,1-2H3,(H,17,18)(H2,14,15,19). The summed E-state index contributed by atoms with van der Waals surface area (Å²) in [5.41, 5.74) is 0.0119. The predicted molar refractivity (Wildman–Crippen MR) is 86.3 cm³/mol. The van der Waals surface area contributed by atoms with Gasteiger partial charge < -0.3 is 15.7 Å². The molecule has 6 nitrogen and oxygen atoms in total. The molecule has 1 atom stereocenters. The molecule has 1 rings (SSSR count). The number of aromatic nitrogens is 1. The Hall–Kier alpha value is -1.28. The highest BCUT2D eigenvalue weighted by Crippen LogP contribution is 2.17. The first-order valence-corrected chi connectivity index (χ1v) is 9.04. The molecule has 0 bridgehead atoms. The second-order valence-corrected chi connectivity index (χ2v) is 6.43. The lowest BCUT2D eigenvalue weighted by atomic mass is 10.2. The minimum atomic E-state index is -1.06. The van der Waals surface area contributed by atoms with Crippen LogP contribution in [0, 0.1) is 0 Å². The number of rotatable bonds is 9. The minimum Gasteiger partial charge on any atom is -0.476 e. The summed E-state index contributed by atoms with van der Waals surface area (Å²) in [7, 11) is 0. The van der Waals surface area contributed by atoms with Crippen LogP contribution in [0.1, 0.15) is 47.7 Å². The molecule has 1 aromatic rings. The first-order chi connectivity index (χ1) is 10.0. The maximum absolute atomic E-state index is 11.7. The fraction of sp³-hybridized carbons (Fsp3) is 0.615. The van der Waals surface area contributed by atoms with Crippen LogP contribution in [-0.2, 0) is 0 Å². The summed E-state index contributed by atoms with van der Waals surface area (Å²) in [6, 6.07) is -0.556. The van der Waals surface area contributed by atoms with E-state index in [0.717, 1.165) is 25.0 Å². The van der Waals surface area contributed by atoms with Crippen LogP contribution in [0.4, 0.5) is 4.79 Å². The van der Waals surface area contributed by atoms with Crippen molar-refractivity contribution in [2.45, 2.75) is 32.2 Å². The van der Waals surface area contributed by atoms with Gasteiger partial charge in [-0.1, -0.05) is 6.42 Å². The van der Waals surface area contributed by atoms with E-state index in [4.69, 9.17) is 5.11 Å². The van der Waals surface area contributed by atoms with Gasteiger partial charge >= 0.3 is 12.0 Å². The highest BCUT2D eigenvalue weighted by atomic mass is 32.2. The highest BCUT2D eigenvalue weighted by molar-refractivity contribution is 7.98. The number of carbonyl (C=O) groups excluding carboxylic acids is 1. The van der Waals surface area contributed by atoms with Crippen LogP contribution in [0.15, 0.2) is 5.38 Å². The number of hydrogen-bond acceptors (Lipinski definition) is 5. The summed E-state index contributed by atoms with van der Waals surface area (Å²) < 4.78 is 0. The molecule has 118 valence electrons. The Morgan fingerprint density at radius 2 is 2.19 bits per heavy atom. The molecule has 21 heavy (non-hydrogen) atoms. The third-order valence-electron chi connectivity index (χ3n) is 2.77. The molecule has 0 aliphatic carbocycles. The number of nitrogens with zero attached hydrogens (tertiary/aromatic N) is 1. The maximum atomic E-state index is 11.7. The van der Waals surface area contributed by atoms with Crippen molar-refractivity contribution >= 4 is 35.1 Å². The SMILES string of the molecule is CSCCCCCNC(=O)NC(C)c1nc(C(=O)O)cs1. The van der Waals surface area contributed by atoms with Crippen LogP contribution in [0.2, 0.25) is 0 Å². The van der Waals surface area contributed by atoms with Gasteiger partial charge in [0.25, 0.3) is 0 Å². The highest BCUT2D eigenvalue weighted by Gasteiger charge is 2.15. The van der Waals surface area contributed by atoms with Crippen molar-refractivity contribution in [3.8, 4) is 0 Å². The van der Waals surface area contributed by atoms with Crippen LogP contribution in [0.25, 0.3) is 0 Å². The molecule has 2 amide bonds. The van der Waals surface area contributed by atoms with Crippen molar-refractivity contribution < 1.29 is 14.7 Å². The first kappa shape index (κ1) is 17.8. The number of nitrogens with one attached hydrogen (secondary N) is 2. The van der Waals surface area contributed by atoms with Gasteiger partial charge in [-0.25, -0.2) is 14.6 Å². The molecule has 0 aromatic carbocycles. The summed E-state index contributed by atoms with van der Waals surface area (Å²) in [6.07, 6.45) is 5.31. The van der Waals surface area contributed by atoms with Crippen LogP contribution in [0.3, 0.4) is 0 Å². The molecular weight excluding hydrogens is 310 g/mol. The number of aromatic carboxylic acids is 1. The van der Waals surface area contributed by atoms with E-state index in [2.05, 4.69) is 21.9 Å². The molecule has 0 aliphatic rings. The molecule has 8 heteroatoms. The molecule has 0 saturated carbocycles. The van der Waals surface area contributed by atoms with Gasteiger partial charge in [-0.3, -0.25) is 0 Å². The Labute approximate surface area is 132 Å². The Balaban J connectivity index is 2.25. The molecule has 0 aliphatic heterocycles. The van der Waals surface area contributed by atoms with Crippen LogP contribution in [0.5, 0.6) is 0 Å². The van der Waals surface area contributed by atoms with Gasteiger partial charge in [0.2, 0.25) is 0 Å². The number of carboxylic acid groups (broad SMARTS) is 1. The lowest BCUT2D eigenvalue weighted by Gasteiger charge is -2.12. The summed E-state index contributed by atoms with van der Waals surface area (Å²) in [5.74, 6) is 0.0959. The fourth-order valence-corrected chi connectivity index (χ4v) is 2.94. The van der Waals surface area contributed by atoms with Gasteiger partial charge in [0.1, 0.15) is 5.01 Å². The van der Waals surface area contributed by atoms with E-state index >= 15 is 0 Å². The zero-order valence-electron chi connectivity index (χ0n) is 12.2. The number of urea groups is 1. The predicted octanol–water partition coefficient (Wildman–Crippen LogP) is 2.73. The largest absolute Gasteiger partial charge is 0.476 e. The molecule has 0 radical (unpaired) electrons. The molecular formula is C13H21N3O3S2. The average molecular weight is 331 g/mol. The van der Waals surface area contributed by atoms with E-state index in [0.29, 0.717) is 11.6 Å². The van der Waals surface area contributed by atoms with Crippen molar-refractivity contribution in [3.05, 3.63) is 16.1 Å². The van der Waals surface area contributed by atoms with E-state index in [1.807, 2.05) is 11.8 Å². The smallest absolute Gasteiger partial charge is 0.355 e. The van der Waals surface area contributed by atoms with Gasteiger partial charge in [0, 0.05) is 11.9 Å². The lowest BCUT2D eigenvalue weighted by molar-refractivity contribution is 0.0691. The minimum absolute atomic E-state index is 0.0119. The average Bonchev–Trinajstić information content (AvgIpc) is 2.92. The van der Waals surface area contributed by atoms with Crippen molar-refractivity contribution in [2.24, 2.45) is 0 Å². The van der Waals surface area contributed by atoms with E-state index in [9.17, 15) is 9.59 Å². The third kappa shape index (κ3) is 6.81. The number of hydrogen-bond donors (Lipinski definition) is 3. The van der Waals surface area contributed by atoms with Crippen molar-refractivity contribution in [1.29, 1.82) is 0 Å². The second-order valence-electron chi connectivity index (χ2n) is 4.55. The Bertz CT molecular complexity index is 465. The normalized spacial score (nSPS) is 11.9. The van der Waals surface area contributed by atoms with E-state index in [1.54, 1.807) is 6.92 Å². The van der Waals surface area contributed by atoms with Crippen molar-refractivity contribution in [2.75, 3.05) is 18.6 Å². The Kier molecular flexibility index (Phi) is 8.14. The second kappa shape index (κ2) is 9.62. The van der Waals surface area contributed by atoms with Gasteiger partial charge in [-0.2, -0.15) is 11.8 Å².